The molecule has 2 N–H and O–H groups in total. The Morgan fingerprint density at radius 2 is 2.24 bits per heavy atom. The lowest BCUT2D eigenvalue weighted by Gasteiger charge is -2.04. The van der Waals surface area contributed by atoms with Crippen LogP contribution < -0.4 is 10.0 Å². The second-order valence-electron chi connectivity index (χ2n) is 4.20. The number of nitrogens with zero attached hydrogens (tertiary/aromatic N) is 1. The number of halogens is 1. The highest BCUT2D eigenvalue weighted by atomic mass is 79.9. The third-order valence-corrected chi connectivity index (χ3v) is 7.21. The van der Waals surface area contributed by atoms with Crippen LogP contribution in [0, 0.1) is 0 Å². The first kappa shape index (κ1) is 17.0. The van der Waals surface area contributed by atoms with Crippen LogP contribution in [0.1, 0.15) is 16.8 Å². The molecule has 0 bridgehead atoms. The SMILES string of the molecule is CCNCc1cc(S(=O)(=O)NCCc2nccs2)c(Br)s1. The van der Waals surface area contributed by atoms with Crippen molar-refractivity contribution in [3.05, 3.63) is 31.3 Å². The molecule has 0 aliphatic heterocycles. The smallest absolute Gasteiger partial charge is 0.242 e. The third kappa shape index (κ3) is 4.83. The van der Waals surface area contributed by atoms with Gasteiger partial charge in [0.1, 0.15) is 4.90 Å². The predicted octanol–water partition coefficient (Wildman–Crippen LogP) is 2.60. The van der Waals surface area contributed by atoms with E-state index in [0.717, 1.165) is 16.4 Å². The van der Waals surface area contributed by atoms with Crippen LogP contribution in [0.2, 0.25) is 0 Å². The van der Waals surface area contributed by atoms with Crippen molar-refractivity contribution < 1.29 is 8.42 Å². The standard InChI is InChI=1S/C12H16BrN3O2S3/c1-2-14-8-9-7-10(12(13)20-9)21(17,18)16-4-3-11-15-5-6-19-11/h5-7,14,16H,2-4,8H2,1H3. The highest BCUT2D eigenvalue weighted by Gasteiger charge is 2.20. The summed E-state index contributed by atoms with van der Waals surface area (Å²) in [5.74, 6) is 0. The van der Waals surface area contributed by atoms with Crippen molar-refractivity contribution in [1.82, 2.24) is 15.0 Å². The van der Waals surface area contributed by atoms with Crippen LogP contribution in [0.15, 0.2) is 26.3 Å². The molecule has 116 valence electrons. The molecule has 2 heterocycles. The molecule has 0 saturated heterocycles. The van der Waals surface area contributed by atoms with Gasteiger partial charge in [-0.2, -0.15) is 0 Å². The summed E-state index contributed by atoms with van der Waals surface area (Å²) in [7, 11) is -3.49. The molecule has 21 heavy (non-hydrogen) atoms. The molecule has 2 rings (SSSR count). The van der Waals surface area contributed by atoms with Gasteiger partial charge in [0, 0.05) is 36.0 Å². The van der Waals surface area contributed by atoms with Gasteiger partial charge in [-0.15, -0.1) is 22.7 Å². The summed E-state index contributed by atoms with van der Waals surface area (Å²) in [5, 5.41) is 5.99. The van der Waals surface area contributed by atoms with E-state index in [0.29, 0.717) is 28.2 Å². The van der Waals surface area contributed by atoms with Gasteiger partial charge in [-0.3, -0.25) is 0 Å². The second-order valence-corrected chi connectivity index (χ2v) is 9.37. The first-order chi connectivity index (χ1) is 10.0. The van der Waals surface area contributed by atoms with E-state index in [1.54, 1.807) is 12.3 Å². The predicted molar refractivity (Wildman–Crippen MR) is 90.4 cm³/mol. The molecule has 0 aromatic carbocycles. The van der Waals surface area contributed by atoms with E-state index in [9.17, 15) is 8.42 Å². The average molecular weight is 410 g/mol. The number of rotatable bonds is 8. The maximum atomic E-state index is 12.3. The zero-order valence-corrected chi connectivity index (χ0v) is 15.5. The van der Waals surface area contributed by atoms with Gasteiger partial charge < -0.3 is 5.32 Å². The number of thiazole rings is 1. The molecule has 0 fully saturated rings. The summed E-state index contributed by atoms with van der Waals surface area (Å²) < 4.78 is 27.8. The number of sulfonamides is 1. The number of hydrogen-bond acceptors (Lipinski definition) is 6. The topological polar surface area (TPSA) is 71.1 Å². The molecule has 0 radical (unpaired) electrons. The molecule has 0 aliphatic carbocycles. The van der Waals surface area contributed by atoms with Crippen LogP contribution in [0.3, 0.4) is 0 Å². The largest absolute Gasteiger partial charge is 0.312 e. The molecule has 0 spiro atoms. The second kappa shape index (κ2) is 7.80. The molecule has 5 nitrogen and oxygen atoms in total. The normalized spacial score (nSPS) is 11.9. The van der Waals surface area contributed by atoms with E-state index in [1.165, 1.54) is 22.7 Å². The minimum atomic E-state index is -3.49. The fraction of sp³-hybridized carbons (Fsp3) is 0.417. The summed E-state index contributed by atoms with van der Waals surface area (Å²) >= 11 is 6.30. The van der Waals surface area contributed by atoms with Crippen molar-refractivity contribution >= 4 is 48.6 Å². The van der Waals surface area contributed by atoms with Gasteiger partial charge >= 0.3 is 0 Å². The highest BCUT2D eigenvalue weighted by molar-refractivity contribution is 9.11. The third-order valence-electron chi connectivity index (χ3n) is 2.66. The van der Waals surface area contributed by atoms with Gasteiger partial charge in [0.2, 0.25) is 10.0 Å². The molecular weight excluding hydrogens is 394 g/mol. The van der Waals surface area contributed by atoms with Crippen molar-refractivity contribution in [1.29, 1.82) is 0 Å². The molecule has 0 atom stereocenters. The molecule has 0 unspecified atom stereocenters. The lowest BCUT2D eigenvalue weighted by atomic mass is 10.4. The first-order valence-electron chi connectivity index (χ1n) is 6.40. The Hall–Kier alpha value is -0.320. The number of nitrogens with one attached hydrogen (secondary N) is 2. The van der Waals surface area contributed by atoms with Gasteiger partial charge in [-0.25, -0.2) is 18.1 Å². The van der Waals surface area contributed by atoms with E-state index >= 15 is 0 Å². The van der Waals surface area contributed by atoms with Crippen molar-refractivity contribution in [2.45, 2.75) is 24.8 Å². The van der Waals surface area contributed by atoms with Crippen LogP contribution in [0.4, 0.5) is 0 Å². The Bertz CT molecular complexity index is 668. The number of thiophene rings is 1. The summed E-state index contributed by atoms with van der Waals surface area (Å²) in [6, 6.07) is 1.71. The van der Waals surface area contributed by atoms with Gasteiger partial charge in [0.25, 0.3) is 0 Å². The van der Waals surface area contributed by atoms with Crippen molar-refractivity contribution in [2.75, 3.05) is 13.1 Å². The molecule has 0 saturated carbocycles. The fourth-order valence-corrected chi connectivity index (χ4v) is 5.97. The van der Waals surface area contributed by atoms with Crippen molar-refractivity contribution in [3.63, 3.8) is 0 Å². The molecule has 2 aromatic rings. The summed E-state index contributed by atoms with van der Waals surface area (Å²) in [6.45, 7) is 3.89. The van der Waals surface area contributed by atoms with E-state index in [4.69, 9.17) is 0 Å². The highest BCUT2D eigenvalue weighted by Crippen LogP contribution is 2.31. The van der Waals surface area contributed by atoms with E-state index in [2.05, 4.69) is 31.0 Å². The minimum Gasteiger partial charge on any atom is -0.312 e. The Morgan fingerprint density at radius 3 is 2.90 bits per heavy atom. The van der Waals surface area contributed by atoms with Crippen molar-refractivity contribution in [2.24, 2.45) is 0 Å². The number of aromatic nitrogens is 1. The zero-order valence-electron chi connectivity index (χ0n) is 11.4. The molecule has 0 amide bonds. The molecule has 0 aliphatic rings. The Balaban J connectivity index is 1.99. The lowest BCUT2D eigenvalue weighted by molar-refractivity contribution is 0.581. The van der Waals surface area contributed by atoms with Crippen LogP contribution >= 0.6 is 38.6 Å². The van der Waals surface area contributed by atoms with Gasteiger partial charge in [-0.05, 0) is 28.5 Å². The van der Waals surface area contributed by atoms with E-state index in [1.807, 2.05) is 12.3 Å². The molecular formula is C12H16BrN3O2S3. The Morgan fingerprint density at radius 1 is 1.43 bits per heavy atom. The maximum absolute atomic E-state index is 12.3. The molecule has 9 heteroatoms. The van der Waals surface area contributed by atoms with Gasteiger partial charge in [-0.1, -0.05) is 6.92 Å². The van der Waals surface area contributed by atoms with Crippen LogP contribution in [0.25, 0.3) is 0 Å². The summed E-state index contributed by atoms with van der Waals surface area (Å²) in [6.07, 6.45) is 2.32. The Kier molecular flexibility index (Phi) is 6.33. The maximum Gasteiger partial charge on any atom is 0.242 e. The fourth-order valence-electron chi connectivity index (χ4n) is 1.66. The quantitative estimate of drug-likeness (QED) is 0.702. The first-order valence-corrected chi connectivity index (χ1v) is 10.4. The number of hydrogen-bond donors (Lipinski definition) is 2. The Labute approximate surface area is 141 Å². The summed E-state index contributed by atoms with van der Waals surface area (Å²) in [5.41, 5.74) is 0. The zero-order chi connectivity index (χ0) is 15.3. The molecule has 2 aromatic heterocycles. The van der Waals surface area contributed by atoms with Gasteiger partial charge in [0.15, 0.2) is 0 Å². The minimum absolute atomic E-state index is 0.305. The van der Waals surface area contributed by atoms with Crippen molar-refractivity contribution in [3.8, 4) is 0 Å². The summed E-state index contributed by atoms with van der Waals surface area (Å²) in [4.78, 5) is 5.43. The van der Waals surface area contributed by atoms with Crippen LogP contribution in [-0.4, -0.2) is 26.5 Å². The average Bonchev–Trinajstić information content (AvgIpc) is 3.06. The van der Waals surface area contributed by atoms with E-state index in [-0.39, 0.29) is 0 Å². The monoisotopic (exact) mass is 409 g/mol. The van der Waals surface area contributed by atoms with E-state index < -0.39 is 10.0 Å². The van der Waals surface area contributed by atoms with Crippen LogP contribution in [0.5, 0.6) is 0 Å². The van der Waals surface area contributed by atoms with Crippen LogP contribution in [-0.2, 0) is 23.0 Å². The lowest BCUT2D eigenvalue weighted by Crippen LogP contribution is -2.25. The van der Waals surface area contributed by atoms with Gasteiger partial charge in [0.05, 0.1) is 8.79 Å².